The Labute approximate surface area is 132 Å². The summed E-state index contributed by atoms with van der Waals surface area (Å²) in [5, 5.41) is 10.3. The van der Waals surface area contributed by atoms with Gasteiger partial charge in [-0.2, -0.15) is 0 Å². The Balaban J connectivity index is 2.54. The molecule has 0 aliphatic carbocycles. The lowest BCUT2D eigenvalue weighted by molar-refractivity contribution is 0.472. The van der Waals surface area contributed by atoms with Crippen LogP contribution in [0, 0.1) is 6.92 Å². The van der Waals surface area contributed by atoms with Crippen molar-refractivity contribution in [3.63, 3.8) is 0 Å². The van der Waals surface area contributed by atoms with E-state index in [1.165, 1.54) is 0 Å². The molecule has 0 aliphatic heterocycles. The summed E-state index contributed by atoms with van der Waals surface area (Å²) in [6.07, 6.45) is 0. The number of nitrogens with zero attached hydrogens (tertiary/aromatic N) is 2. The zero-order chi connectivity index (χ0) is 16.7. The topological polar surface area (TPSA) is 72.0 Å². The van der Waals surface area contributed by atoms with E-state index >= 15 is 0 Å². The predicted molar refractivity (Wildman–Crippen MR) is 91.1 cm³/mol. The Morgan fingerprint density at radius 2 is 1.77 bits per heavy atom. The number of nitrogen functional groups attached to an aromatic ring is 1. The van der Waals surface area contributed by atoms with Crippen molar-refractivity contribution in [1.82, 2.24) is 9.97 Å². The third-order valence-electron chi connectivity index (χ3n) is 3.85. The normalized spacial score (nSPS) is 12.0. The Morgan fingerprint density at radius 1 is 1.14 bits per heavy atom. The van der Waals surface area contributed by atoms with Gasteiger partial charge in [0.2, 0.25) is 0 Å². The minimum absolute atomic E-state index is 0.0205. The smallest absolute Gasteiger partial charge is 0.165 e. The lowest BCUT2D eigenvalue weighted by Crippen LogP contribution is -2.11. The van der Waals surface area contributed by atoms with E-state index in [1.807, 2.05) is 19.1 Å². The number of rotatable bonds is 2. The van der Waals surface area contributed by atoms with Crippen molar-refractivity contribution >= 4 is 5.82 Å². The van der Waals surface area contributed by atoms with Gasteiger partial charge in [-0.05, 0) is 36.0 Å². The van der Waals surface area contributed by atoms with Crippen LogP contribution in [0.5, 0.6) is 5.75 Å². The lowest BCUT2D eigenvalue weighted by atomic mass is 9.86. The van der Waals surface area contributed by atoms with E-state index in [-0.39, 0.29) is 17.1 Å². The fraction of sp³-hybridized carbons (Fsp3) is 0.444. The fourth-order valence-corrected chi connectivity index (χ4v) is 2.62. The highest BCUT2D eigenvalue weighted by molar-refractivity contribution is 5.66. The maximum atomic E-state index is 10.3. The molecular weight excluding hydrogens is 274 g/mol. The first-order valence-corrected chi connectivity index (χ1v) is 7.59. The average molecular weight is 299 g/mol. The number of aryl methyl sites for hydroxylation is 1. The summed E-state index contributed by atoms with van der Waals surface area (Å²) in [5.41, 5.74) is 9.56. The predicted octanol–water partition coefficient (Wildman–Crippen LogP) is 4.16. The van der Waals surface area contributed by atoms with E-state index in [2.05, 4.69) is 44.6 Å². The number of benzene rings is 1. The molecule has 0 fully saturated rings. The minimum atomic E-state index is -0.0205. The molecule has 22 heavy (non-hydrogen) atoms. The second-order valence-corrected chi connectivity index (χ2v) is 7.07. The van der Waals surface area contributed by atoms with E-state index in [9.17, 15) is 5.11 Å². The first-order valence-electron chi connectivity index (χ1n) is 7.59. The highest BCUT2D eigenvalue weighted by Gasteiger charge is 2.18. The van der Waals surface area contributed by atoms with Crippen LogP contribution in [-0.2, 0) is 5.41 Å². The Hall–Kier alpha value is -2.10. The van der Waals surface area contributed by atoms with Gasteiger partial charge in [0, 0.05) is 11.3 Å². The molecule has 4 nitrogen and oxygen atoms in total. The van der Waals surface area contributed by atoms with Crippen LogP contribution >= 0.6 is 0 Å². The summed E-state index contributed by atoms with van der Waals surface area (Å²) < 4.78 is 0. The van der Waals surface area contributed by atoms with Crippen molar-refractivity contribution in [2.45, 2.75) is 52.9 Å². The van der Waals surface area contributed by atoms with E-state index in [1.54, 1.807) is 6.07 Å². The molecule has 4 heteroatoms. The Kier molecular flexibility index (Phi) is 4.14. The van der Waals surface area contributed by atoms with Gasteiger partial charge in [-0.25, -0.2) is 9.97 Å². The van der Waals surface area contributed by atoms with Crippen LogP contribution in [0.1, 0.15) is 57.4 Å². The number of phenols is 1. The number of nitrogens with two attached hydrogens (primary N) is 1. The largest absolute Gasteiger partial charge is 0.507 e. The number of hydrogen-bond acceptors (Lipinski definition) is 4. The molecule has 0 amide bonds. The van der Waals surface area contributed by atoms with Crippen LogP contribution in [-0.4, -0.2) is 15.1 Å². The molecular formula is C18H25N3O. The van der Waals surface area contributed by atoms with Crippen LogP contribution < -0.4 is 5.73 Å². The molecule has 0 atom stereocenters. The maximum absolute atomic E-state index is 10.3. The van der Waals surface area contributed by atoms with Crippen LogP contribution in [0.15, 0.2) is 18.2 Å². The van der Waals surface area contributed by atoms with Crippen molar-refractivity contribution in [2.75, 3.05) is 5.73 Å². The molecule has 2 aromatic rings. The van der Waals surface area contributed by atoms with Crippen molar-refractivity contribution < 1.29 is 5.11 Å². The first kappa shape index (κ1) is 16.3. The van der Waals surface area contributed by atoms with Crippen LogP contribution in [0.2, 0.25) is 0 Å². The van der Waals surface area contributed by atoms with Gasteiger partial charge in [-0.3, -0.25) is 0 Å². The molecule has 3 N–H and O–H groups in total. The molecule has 0 aliphatic rings. The molecule has 0 saturated carbocycles. The lowest BCUT2D eigenvalue weighted by Gasteiger charge is -2.20. The van der Waals surface area contributed by atoms with Crippen LogP contribution in [0.3, 0.4) is 0 Å². The second-order valence-electron chi connectivity index (χ2n) is 7.07. The second kappa shape index (κ2) is 5.59. The molecule has 1 aromatic carbocycles. The Bertz CT molecular complexity index is 677. The molecule has 0 saturated heterocycles. The summed E-state index contributed by atoms with van der Waals surface area (Å²) in [6.45, 7) is 12.4. The van der Waals surface area contributed by atoms with Gasteiger partial charge in [-0.1, -0.05) is 40.7 Å². The molecule has 0 radical (unpaired) electrons. The molecule has 1 heterocycles. The summed E-state index contributed by atoms with van der Waals surface area (Å²) in [4.78, 5) is 8.91. The highest BCUT2D eigenvalue weighted by atomic mass is 16.3. The van der Waals surface area contributed by atoms with Gasteiger partial charge in [0.25, 0.3) is 0 Å². The number of hydrogen-bond donors (Lipinski definition) is 2. The van der Waals surface area contributed by atoms with Crippen LogP contribution in [0.4, 0.5) is 5.82 Å². The summed E-state index contributed by atoms with van der Waals surface area (Å²) in [7, 11) is 0. The Morgan fingerprint density at radius 3 is 2.23 bits per heavy atom. The molecule has 1 aromatic heterocycles. The van der Waals surface area contributed by atoms with Crippen molar-refractivity contribution in [3.8, 4) is 17.1 Å². The summed E-state index contributed by atoms with van der Waals surface area (Å²) >= 11 is 0. The van der Waals surface area contributed by atoms with Crippen LogP contribution in [0.25, 0.3) is 11.4 Å². The molecule has 0 bridgehead atoms. The average Bonchev–Trinajstić information content (AvgIpc) is 2.35. The summed E-state index contributed by atoms with van der Waals surface area (Å²) in [6, 6.07) is 5.64. The fourth-order valence-electron chi connectivity index (χ4n) is 2.62. The molecule has 118 valence electrons. The first-order chi connectivity index (χ1) is 10.1. The number of anilines is 1. The number of aromatic nitrogens is 2. The molecule has 2 rings (SSSR count). The van der Waals surface area contributed by atoms with Gasteiger partial charge < -0.3 is 10.8 Å². The minimum Gasteiger partial charge on any atom is -0.507 e. The quantitative estimate of drug-likeness (QED) is 0.873. The maximum Gasteiger partial charge on any atom is 0.165 e. The third-order valence-corrected chi connectivity index (χ3v) is 3.85. The van der Waals surface area contributed by atoms with Gasteiger partial charge >= 0.3 is 0 Å². The zero-order valence-corrected chi connectivity index (χ0v) is 14.2. The van der Waals surface area contributed by atoms with E-state index in [0.717, 1.165) is 16.8 Å². The standard InChI is InChI=1S/C18H25N3O/c1-10(2)15-11(3)20-17(21-16(15)19)13-8-7-12(9-14(13)22)18(4,5)6/h7-10,22H,1-6H3,(H2,19,20,21). The van der Waals surface area contributed by atoms with Crippen molar-refractivity contribution in [1.29, 1.82) is 0 Å². The van der Waals surface area contributed by atoms with Gasteiger partial charge in [0.15, 0.2) is 5.82 Å². The monoisotopic (exact) mass is 299 g/mol. The molecule has 0 spiro atoms. The van der Waals surface area contributed by atoms with E-state index in [0.29, 0.717) is 17.2 Å². The third kappa shape index (κ3) is 3.06. The molecule has 0 unspecified atom stereocenters. The van der Waals surface area contributed by atoms with E-state index in [4.69, 9.17) is 5.73 Å². The van der Waals surface area contributed by atoms with Gasteiger partial charge in [0.1, 0.15) is 11.6 Å². The van der Waals surface area contributed by atoms with Gasteiger partial charge in [0.05, 0.1) is 5.56 Å². The zero-order valence-electron chi connectivity index (χ0n) is 14.2. The number of aromatic hydroxyl groups is 1. The number of phenolic OH excluding ortho intramolecular Hbond substituents is 1. The van der Waals surface area contributed by atoms with E-state index < -0.39 is 0 Å². The van der Waals surface area contributed by atoms with Crippen molar-refractivity contribution in [3.05, 3.63) is 35.0 Å². The summed E-state index contributed by atoms with van der Waals surface area (Å²) in [5.74, 6) is 1.41. The van der Waals surface area contributed by atoms with Crippen molar-refractivity contribution in [2.24, 2.45) is 0 Å². The van der Waals surface area contributed by atoms with Gasteiger partial charge in [-0.15, -0.1) is 0 Å². The highest BCUT2D eigenvalue weighted by Crippen LogP contribution is 2.34. The SMILES string of the molecule is Cc1nc(-c2ccc(C(C)(C)C)cc2O)nc(N)c1C(C)C.